The Kier molecular flexibility index (Phi) is 6.23. The highest BCUT2D eigenvalue weighted by atomic mass is 32.1. The van der Waals surface area contributed by atoms with Crippen LogP contribution in [0.4, 0.5) is 13.2 Å². The number of methoxy groups -OCH3 is 2. The summed E-state index contributed by atoms with van der Waals surface area (Å²) < 4.78 is 50.9. The van der Waals surface area contributed by atoms with Crippen molar-refractivity contribution in [1.82, 2.24) is 19.9 Å². The van der Waals surface area contributed by atoms with Crippen LogP contribution in [0.2, 0.25) is 0 Å². The van der Waals surface area contributed by atoms with Crippen molar-refractivity contribution < 1.29 is 27.4 Å². The van der Waals surface area contributed by atoms with E-state index < -0.39 is 17.6 Å². The molecule has 0 bridgehead atoms. The SMILES string of the molecule is COc1ccc(-c2nc3scc(CCNC(=O)c4cccc(C(F)(F)F)c4)n3n2)cc1OC. The van der Waals surface area contributed by atoms with E-state index in [2.05, 4.69) is 15.4 Å². The molecule has 172 valence electrons. The molecule has 0 unspecified atom stereocenters. The standard InChI is InChI=1S/C22H19F3N4O3S/c1-31-17-7-6-13(11-18(17)32-2)19-27-21-29(28-19)16(12-33-21)8-9-26-20(30)14-4-3-5-15(10-14)22(23,24)25/h3-7,10-12H,8-9H2,1-2H3,(H,26,30). The Morgan fingerprint density at radius 1 is 1.12 bits per heavy atom. The number of aromatic nitrogens is 3. The first-order valence-corrected chi connectivity index (χ1v) is 10.7. The zero-order valence-electron chi connectivity index (χ0n) is 17.6. The van der Waals surface area contributed by atoms with Crippen molar-refractivity contribution in [2.45, 2.75) is 12.6 Å². The number of thiazole rings is 1. The molecule has 4 aromatic rings. The van der Waals surface area contributed by atoms with Gasteiger partial charge in [0.1, 0.15) is 0 Å². The van der Waals surface area contributed by atoms with Gasteiger partial charge in [0, 0.05) is 29.5 Å². The van der Waals surface area contributed by atoms with Crippen LogP contribution in [0.15, 0.2) is 47.8 Å². The highest BCUT2D eigenvalue weighted by molar-refractivity contribution is 7.15. The van der Waals surface area contributed by atoms with Crippen molar-refractivity contribution in [3.63, 3.8) is 0 Å². The molecule has 1 amide bonds. The van der Waals surface area contributed by atoms with Crippen LogP contribution in [0.5, 0.6) is 11.5 Å². The summed E-state index contributed by atoms with van der Waals surface area (Å²) >= 11 is 1.40. The van der Waals surface area contributed by atoms with Gasteiger partial charge in [-0.15, -0.1) is 16.4 Å². The molecule has 2 aromatic heterocycles. The maximum Gasteiger partial charge on any atom is 0.416 e. The van der Waals surface area contributed by atoms with E-state index in [9.17, 15) is 18.0 Å². The summed E-state index contributed by atoms with van der Waals surface area (Å²) in [7, 11) is 3.10. The molecule has 1 N–H and O–H groups in total. The van der Waals surface area contributed by atoms with Gasteiger partial charge in [0.05, 0.1) is 25.5 Å². The van der Waals surface area contributed by atoms with E-state index in [4.69, 9.17) is 9.47 Å². The number of ether oxygens (including phenoxy) is 2. The van der Waals surface area contributed by atoms with Gasteiger partial charge in [-0.25, -0.2) is 4.52 Å². The topological polar surface area (TPSA) is 77.8 Å². The molecule has 0 saturated heterocycles. The minimum absolute atomic E-state index is 0.0446. The smallest absolute Gasteiger partial charge is 0.416 e. The number of halogens is 3. The number of nitrogens with zero attached hydrogens (tertiary/aromatic N) is 3. The van der Waals surface area contributed by atoms with Crippen LogP contribution in [-0.2, 0) is 12.6 Å². The number of alkyl halides is 3. The fourth-order valence-corrected chi connectivity index (χ4v) is 4.09. The molecule has 33 heavy (non-hydrogen) atoms. The van der Waals surface area contributed by atoms with Gasteiger partial charge in [0.15, 0.2) is 17.3 Å². The highest BCUT2D eigenvalue weighted by Crippen LogP contribution is 2.32. The zero-order valence-corrected chi connectivity index (χ0v) is 18.5. The van der Waals surface area contributed by atoms with E-state index >= 15 is 0 Å². The minimum Gasteiger partial charge on any atom is -0.493 e. The van der Waals surface area contributed by atoms with Crippen molar-refractivity contribution in [3.05, 3.63) is 64.7 Å². The van der Waals surface area contributed by atoms with Crippen LogP contribution < -0.4 is 14.8 Å². The summed E-state index contributed by atoms with van der Waals surface area (Å²) in [5, 5.41) is 9.08. The molecule has 0 spiro atoms. The Bertz CT molecular complexity index is 1300. The maximum absolute atomic E-state index is 12.9. The third-order valence-corrected chi connectivity index (χ3v) is 5.78. The molecular weight excluding hydrogens is 457 g/mol. The first-order chi connectivity index (χ1) is 15.8. The van der Waals surface area contributed by atoms with Gasteiger partial charge in [0.2, 0.25) is 4.96 Å². The van der Waals surface area contributed by atoms with Crippen LogP contribution in [0.1, 0.15) is 21.6 Å². The van der Waals surface area contributed by atoms with Gasteiger partial charge in [-0.05, 0) is 36.4 Å². The lowest BCUT2D eigenvalue weighted by Crippen LogP contribution is -2.26. The first kappa shape index (κ1) is 22.6. The normalized spacial score (nSPS) is 11.5. The molecule has 0 fully saturated rings. The Labute approximate surface area is 190 Å². The average Bonchev–Trinajstić information content (AvgIpc) is 3.39. The number of nitrogens with one attached hydrogen (secondary N) is 1. The predicted molar refractivity (Wildman–Crippen MR) is 117 cm³/mol. The second-order valence-corrected chi connectivity index (χ2v) is 7.85. The van der Waals surface area contributed by atoms with Gasteiger partial charge in [-0.2, -0.15) is 18.2 Å². The summed E-state index contributed by atoms with van der Waals surface area (Å²) in [4.78, 5) is 17.5. The molecule has 0 saturated carbocycles. The number of hydrogen-bond acceptors (Lipinski definition) is 6. The predicted octanol–water partition coefficient (Wildman–Crippen LogP) is 4.47. The molecule has 4 rings (SSSR count). The fourth-order valence-electron chi connectivity index (χ4n) is 3.24. The van der Waals surface area contributed by atoms with Gasteiger partial charge < -0.3 is 14.8 Å². The van der Waals surface area contributed by atoms with Crippen LogP contribution in [0.25, 0.3) is 16.3 Å². The lowest BCUT2D eigenvalue weighted by molar-refractivity contribution is -0.137. The summed E-state index contributed by atoms with van der Waals surface area (Å²) in [5.41, 5.74) is 0.669. The van der Waals surface area contributed by atoms with Crippen LogP contribution in [0.3, 0.4) is 0 Å². The van der Waals surface area contributed by atoms with Gasteiger partial charge >= 0.3 is 6.18 Å². The number of hydrogen-bond donors (Lipinski definition) is 1. The van der Waals surface area contributed by atoms with Crippen molar-refractivity contribution in [2.75, 3.05) is 20.8 Å². The summed E-state index contributed by atoms with van der Waals surface area (Å²) in [5.74, 6) is 1.10. The highest BCUT2D eigenvalue weighted by Gasteiger charge is 2.30. The monoisotopic (exact) mass is 476 g/mol. The quantitative estimate of drug-likeness (QED) is 0.426. The summed E-state index contributed by atoms with van der Waals surface area (Å²) in [6.07, 6.45) is -4.07. The molecule has 0 aliphatic carbocycles. The van der Waals surface area contributed by atoms with E-state index in [1.54, 1.807) is 30.9 Å². The maximum atomic E-state index is 12.9. The molecule has 0 atom stereocenters. The Morgan fingerprint density at radius 2 is 1.91 bits per heavy atom. The fraction of sp³-hybridized carbons (Fsp3) is 0.227. The lowest BCUT2D eigenvalue weighted by Gasteiger charge is -2.09. The van der Waals surface area contributed by atoms with E-state index in [1.807, 2.05) is 11.4 Å². The molecule has 0 aliphatic heterocycles. The van der Waals surface area contributed by atoms with Crippen molar-refractivity contribution in [1.29, 1.82) is 0 Å². The van der Waals surface area contributed by atoms with E-state index in [-0.39, 0.29) is 12.1 Å². The summed E-state index contributed by atoms with van der Waals surface area (Å²) in [6, 6.07) is 9.71. The second kappa shape index (κ2) is 9.10. The van der Waals surface area contributed by atoms with Gasteiger partial charge in [-0.1, -0.05) is 6.07 Å². The van der Waals surface area contributed by atoms with E-state index in [0.717, 1.165) is 23.4 Å². The Morgan fingerprint density at radius 3 is 2.64 bits per heavy atom. The molecule has 0 aliphatic rings. The van der Waals surface area contributed by atoms with E-state index in [1.165, 1.54) is 23.5 Å². The first-order valence-electron chi connectivity index (χ1n) is 9.81. The number of fused-ring (bicyclic) bond motifs is 1. The number of carbonyl (C=O) groups is 1. The van der Waals surface area contributed by atoms with Crippen molar-refractivity contribution in [2.24, 2.45) is 0 Å². The number of benzene rings is 2. The molecule has 11 heteroatoms. The van der Waals surface area contributed by atoms with Crippen LogP contribution in [0, 0.1) is 0 Å². The molecular formula is C22H19F3N4O3S. The zero-order chi connectivity index (χ0) is 23.6. The van der Waals surface area contributed by atoms with Gasteiger partial charge in [0.25, 0.3) is 5.91 Å². The average molecular weight is 476 g/mol. The number of carbonyl (C=O) groups excluding carboxylic acids is 1. The molecule has 7 nitrogen and oxygen atoms in total. The largest absolute Gasteiger partial charge is 0.493 e. The number of amides is 1. The molecule has 2 aromatic carbocycles. The second-order valence-electron chi connectivity index (χ2n) is 7.01. The lowest BCUT2D eigenvalue weighted by atomic mass is 10.1. The van der Waals surface area contributed by atoms with Crippen LogP contribution in [-0.4, -0.2) is 41.3 Å². The summed E-state index contributed by atoms with van der Waals surface area (Å²) in [6.45, 7) is 0.229. The minimum atomic E-state index is -4.50. The van der Waals surface area contributed by atoms with Gasteiger partial charge in [-0.3, -0.25) is 4.79 Å². The van der Waals surface area contributed by atoms with E-state index in [0.29, 0.717) is 28.7 Å². The van der Waals surface area contributed by atoms with Crippen molar-refractivity contribution >= 4 is 22.2 Å². The number of rotatable bonds is 7. The third-order valence-electron chi connectivity index (χ3n) is 4.91. The molecule has 2 heterocycles. The van der Waals surface area contributed by atoms with Crippen molar-refractivity contribution in [3.8, 4) is 22.9 Å². The van der Waals surface area contributed by atoms with Crippen LogP contribution >= 0.6 is 11.3 Å². The Balaban J connectivity index is 1.45. The Hall–Kier alpha value is -3.60. The third kappa shape index (κ3) is 4.77. The molecule has 0 radical (unpaired) electrons.